The lowest BCUT2D eigenvalue weighted by molar-refractivity contribution is -0.115. The molecule has 0 saturated heterocycles. The van der Waals surface area contributed by atoms with E-state index in [9.17, 15) is 14.0 Å². The molecule has 1 heterocycles. The zero-order valence-corrected chi connectivity index (χ0v) is 16.2. The second-order valence-electron chi connectivity index (χ2n) is 6.45. The van der Waals surface area contributed by atoms with E-state index in [-0.39, 0.29) is 24.3 Å². The van der Waals surface area contributed by atoms with Crippen LogP contribution < -0.4 is 15.4 Å². The lowest BCUT2D eigenvalue weighted by Crippen LogP contribution is -2.32. The molecule has 0 radical (unpaired) electrons. The molecule has 1 aromatic heterocycles. The topological polar surface area (TPSA) is 94.5 Å². The Kier molecular flexibility index (Phi) is 5.96. The van der Waals surface area contributed by atoms with Gasteiger partial charge in [0.15, 0.2) is 5.82 Å². The van der Waals surface area contributed by atoms with Crippen LogP contribution in [0, 0.1) is 5.82 Å². The third kappa shape index (κ3) is 4.63. The molecule has 0 unspecified atom stereocenters. The number of fused-ring (bicyclic) bond motifs is 1. The average Bonchev–Trinajstić information content (AvgIpc) is 3.05. The van der Waals surface area contributed by atoms with Crippen molar-refractivity contribution in [1.82, 2.24) is 15.1 Å². The SMILES string of the molecule is COC(=O)NCC(=O)Nc1nn(-c2ccc(F)cc2)c2cccc(OC(C)C)c12. The number of amides is 2. The summed E-state index contributed by atoms with van der Waals surface area (Å²) in [6, 6.07) is 11.2. The van der Waals surface area contributed by atoms with Crippen molar-refractivity contribution < 1.29 is 23.5 Å². The number of carbonyl (C=O) groups excluding carboxylic acids is 2. The van der Waals surface area contributed by atoms with Crippen LogP contribution in [0.15, 0.2) is 42.5 Å². The Balaban J connectivity index is 2.03. The number of aromatic nitrogens is 2. The average molecular weight is 400 g/mol. The van der Waals surface area contributed by atoms with Crippen LogP contribution >= 0.6 is 0 Å². The van der Waals surface area contributed by atoms with E-state index in [1.807, 2.05) is 26.0 Å². The maximum Gasteiger partial charge on any atom is 0.407 e. The molecule has 0 aliphatic carbocycles. The van der Waals surface area contributed by atoms with Crippen LogP contribution in [0.3, 0.4) is 0 Å². The molecule has 3 rings (SSSR count). The number of hydrogen-bond donors (Lipinski definition) is 2. The first-order valence-electron chi connectivity index (χ1n) is 8.95. The minimum atomic E-state index is -0.717. The van der Waals surface area contributed by atoms with Gasteiger partial charge in [-0.25, -0.2) is 13.9 Å². The maximum absolute atomic E-state index is 13.3. The molecular weight excluding hydrogens is 379 g/mol. The van der Waals surface area contributed by atoms with Crippen LogP contribution in [-0.4, -0.2) is 41.5 Å². The molecule has 0 spiro atoms. The summed E-state index contributed by atoms with van der Waals surface area (Å²) in [7, 11) is 1.21. The summed E-state index contributed by atoms with van der Waals surface area (Å²) in [6.45, 7) is 3.49. The van der Waals surface area contributed by atoms with Gasteiger partial charge in [-0.2, -0.15) is 0 Å². The van der Waals surface area contributed by atoms with E-state index < -0.39 is 12.0 Å². The first-order chi connectivity index (χ1) is 13.9. The second kappa shape index (κ2) is 8.59. The fraction of sp³-hybridized carbons (Fsp3) is 0.250. The van der Waals surface area contributed by atoms with E-state index in [1.54, 1.807) is 22.9 Å². The molecule has 8 nitrogen and oxygen atoms in total. The summed E-state index contributed by atoms with van der Waals surface area (Å²) in [5.74, 6) is -0.0452. The Labute approximate surface area is 166 Å². The van der Waals surface area contributed by atoms with Crippen LogP contribution in [0.4, 0.5) is 15.0 Å². The number of carbonyl (C=O) groups is 2. The fourth-order valence-corrected chi connectivity index (χ4v) is 2.76. The van der Waals surface area contributed by atoms with E-state index in [1.165, 1.54) is 19.2 Å². The van der Waals surface area contributed by atoms with Gasteiger partial charge in [-0.3, -0.25) is 4.79 Å². The highest BCUT2D eigenvalue weighted by molar-refractivity contribution is 6.04. The minimum Gasteiger partial charge on any atom is -0.490 e. The zero-order valence-electron chi connectivity index (χ0n) is 16.2. The van der Waals surface area contributed by atoms with Crippen molar-refractivity contribution in [3.63, 3.8) is 0 Å². The number of nitrogens with zero attached hydrogens (tertiary/aromatic N) is 2. The molecule has 2 amide bonds. The fourth-order valence-electron chi connectivity index (χ4n) is 2.76. The molecule has 0 fully saturated rings. The van der Waals surface area contributed by atoms with E-state index in [2.05, 4.69) is 20.5 Å². The minimum absolute atomic E-state index is 0.0979. The molecule has 0 aliphatic heterocycles. The van der Waals surface area contributed by atoms with Crippen molar-refractivity contribution in [1.29, 1.82) is 0 Å². The van der Waals surface area contributed by atoms with Crippen LogP contribution in [0.2, 0.25) is 0 Å². The van der Waals surface area contributed by atoms with E-state index in [0.717, 1.165) is 0 Å². The summed E-state index contributed by atoms with van der Waals surface area (Å²) in [5.41, 5.74) is 1.29. The van der Waals surface area contributed by atoms with Crippen LogP contribution in [-0.2, 0) is 9.53 Å². The highest BCUT2D eigenvalue weighted by Crippen LogP contribution is 2.34. The third-order valence-electron chi connectivity index (χ3n) is 3.94. The standard InChI is InChI=1S/C20H21FN4O4/c1-12(2)29-16-6-4-5-15-18(16)19(23-17(26)11-22-20(27)28-3)24-25(15)14-9-7-13(21)8-10-14/h4-10,12H,11H2,1-3H3,(H,22,27)(H,23,24,26). The number of ether oxygens (including phenoxy) is 2. The summed E-state index contributed by atoms with van der Waals surface area (Å²) >= 11 is 0. The van der Waals surface area contributed by atoms with Gasteiger partial charge in [0.25, 0.3) is 0 Å². The quantitative estimate of drug-likeness (QED) is 0.662. The van der Waals surface area contributed by atoms with Gasteiger partial charge in [0.2, 0.25) is 5.91 Å². The zero-order chi connectivity index (χ0) is 21.0. The van der Waals surface area contributed by atoms with Gasteiger partial charge in [0.1, 0.15) is 18.1 Å². The largest absolute Gasteiger partial charge is 0.490 e. The molecule has 0 bridgehead atoms. The first kappa shape index (κ1) is 20.1. The van der Waals surface area contributed by atoms with E-state index >= 15 is 0 Å². The first-order valence-corrected chi connectivity index (χ1v) is 8.95. The Morgan fingerprint density at radius 2 is 1.90 bits per heavy atom. The van der Waals surface area contributed by atoms with Gasteiger partial charge < -0.3 is 20.1 Å². The highest BCUT2D eigenvalue weighted by Gasteiger charge is 2.19. The van der Waals surface area contributed by atoms with Crippen molar-refractivity contribution >= 4 is 28.7 Å². The summed E-state index contributed by atoms with van der Waals surface area (Å²) < 4.78 is 25.3. The Morgan fingerprint density at radius 1 is 1.17 bits per heavy atom. The molecule has 9 heteroatoms. The van der Waals surface area contributed by atoms with Crippen LogP contribution in [0.25, 0.3) is 16.6 Å². The van der Waals surface area contributed by atoms with Crippen molar-refractivity contribution in [3.05, 3.63) is 48.3 Å². The third-order valence-corrected chi connectivity index (χ3v) is 3.94. The van der Waals surface area contributed by atoms with Crippen LogP contribution in [0.5, 0.6) is 5.75 Å². The number of halogens is 1. The number of methoxy groups -OCH3 is 1. The van der Waals surface area contributed by atoms with Crippen molar-refractivity contribution in [2.75, 3.05) is 19.0 Å². The van der Waals surface area contributed by atoms with Crippen LogP contribution in [0.1, 0.15) is 13.8 Å². The Morgan fingerprint density at radius 3 is 2.55 bits per heavy atom. The lowest BCUT2D eigenvalue weighted by Gasteiger charge is -2.12. The van der Waals surface area contributed by atoms with Gasteiger partial charge in [0.05, 0.1) is 29.8 Å². The summed E-state index contributed by atoms with van der Waals surface area (Å²) in [4.78, 5) is 23.5. The molecule has 0 saturated carbocycles. The normalized spacial score (nSPS) is 10.8. The molecular formula is C20H21FN4O4. The predicted molar refractivity (Wildman–Crippen MR) is 106 cm³/mol. The smallest absolute Gasteiger partial charge is 0.407 e. The predicted octanol–water partition coefficient (Wildman–Crippen LogP) is 3.25. The molecule has 2 aromatic carbocycles. The van der Waals surface area contributed by atoms with E-state index in [4.69, 9.17) is 4.74 Å². The number of anilines is 1. The molecule has 29 heavy (non-hydrogen) atoms. The Hall–Kier alpha value is -3.62. The number of hydrogen-bond acceptors (Lipinski definition) is 5. The van der Waals surface area contributed by atoms with Gasteiger partial charge in [-0.05, 0) is 50.2 Å². The molecule has 152 valence electrons. The number of rotatable bonds is 6. The number of alkyl carbamates (subject to hydrolysis) is 1. The summed E-state index contributed by atoms with van der Waals surface area (Å²) in [6.07, 6.45) is -0.815. The lowest BCUT2D eigenvalue weighted by atomic mass is 10.2. The van der Waals surface area contributed by atoms with Crippen molar-refractivity contribution in [3.8, 4) is 11.4 Å². The second-order valence-corrected chi connectivity index (χ2v) is 6.45. The van der Waals surface area contributed by atoms with Gasteiger partial charge >= 0.3 is 6.09 Å². The molecule has 0 atom stereocenters. The van der Waals surface area contributed by atoms with Crippen molar-refractivity contribution in [2.24, 2.45) is 0 Å². The maximum atomic E-state index is 13.3. The Bertz CT molecular complexity index is 1030. The number of benzene rings is 2. The van der Waals surface area contributed by atoms with Gasteiger partial charge in [0, 0.05) is 0 Å². The highest BCUT2D eigenvalue weighted by atomic mass is 19.1. The molecule has 3 aromatic rings. The monoisotopic (exact) mass is 400 g/mol. The van der Waals surface area contributed by atoms with Crippen molar-refractivity contribution in [2.45, 2.75) is 20.0 Å². The number of nitrogens with one attached hydrogen (secondary N) is 2. The molecule has 2 N–H and O–H groups in total. The van der Waals surface area contributed by atoms with Gasteiger partial charge in [-0.1, -0.05) is 6.07 Å². The molecule has 0 aliphatic rings. The van der Waals surface area contributed by atoms with E-state index in [0.29, 0.717) is 22.3 Å². The van der Waals surface area contributed by atoms with Gasteiger partial charge in [-0.15, -0.1) is 5.10 Å². The summed E-state index contributed by atoms with van der Waals surface area (Å²) in [5, 5.41) is 10.1.